The number of amides is 1. The molecule has 0 aromatic rings. The molecule has 182 valence electrons. The van der Waals surface area contributed by atoms with Gasteiger partial charge < -0.3 is 28.7 Å². The van der Waals surface area contributed by atoms with E-state index in [9.17, 15) is 4.79 Å². The van der Waals surface area contributed by atoms with Gasteiger partial charge in [0, 0.05) is 32.9 Å². The molecule has 7 nitrogen and oxygen atoms in total. The van der Waals surface area contributed by atoms with E-state index in [0.29, 0.717) is 12.6 Å². The van der Waals surface area contributed by atoms with Gasteiger partial charge in [0.1, 0.15) is 23.4 Å². The Kier molecular flexibility index (Phi) is 6.67. The highest BCUT2D eigenvalue weighted by atomic mass is 16.6. The quantitative estimate of drug-likeness (QED) is 0.348. The Morgan fingerprint density at radius 1 is 1.28 bits per heavy atom. The number of hydrogen-bond acceptors (Lipinski definition) is 5. The summed E-state index contributed by atoms with van der Waals surface area (Å²) >= 11 is 0. The molecule has 1 spiro atoms. The van der Waals surface area contributed by atoms with Gasteiger partial charge in [-0.15, -0.1) is 0 Å². The molecular weight excluding hydrogens is 408 g/mol. The van der Waals surface area contributed by atoms with Crippen LogP contribution in [0.25, 0.3) is 0 Å². The van der Waals surface area contributed by atoms with E-state index in [-0.39, 0.29) is 41.5 Å². The first-order valence-electron chi connectivity index (χ1n) is 12.4. The lowest BCUT2D eigenvalue weighted by Gasteiger charge is -2.42. The second-order valence-electron chi connectivity index (χ2n) is 11.3. The largest absolute Gasteiger partial charge is 0.443 e. The number of epoxide rings is 2. The number of hydrogen-bond donors (Lipinski definition) is 1. The second kappa shape index (κ2) is 8.90. The molecule has 3 heterocycles. The van der Waals surface area contributed by atoms with Crippen LogP contribution >= 0.6 is 0 Å². The number of rotatable bonds is 8. The minimum absolute atomic E-state index is 0.0544. The number of quaternary nitrogens is 1. The number of nitrogens with zero attached hydrogens (tertiary/aromatic N) is 1. The molecule has 4 rings (SSSR count). The van der Waals surface area contributed by atoms with Gasteiger partial charge in [-0.25, -0.2) is 4.79 Å². The van der Waals surface area contributed by atoms with E-state index in [1.54, 1.807) is 7.11 Å². The minimum atomic E-state index is -0.338. The zero-order valence-electron chi connectivity index (χ0n) is 20.8. The van der Waals surface area contributed by atoms with Crippen LogP contribution in [-0.2, 0) is 18.9 Å². The summed E-state index contributed by atoms with van der Waals surface area (Å²) in [6.07, 6.45) is 7.52. The number of likely N-dealkylation sites (tertiary alicyclic amines) is 1. The Bertz CT molecular complexity index is 730. The number of nitrogens with one attached hydrogen (secondary N) is 1. The summed E-state index contributed by atoms with van der Waals surface area (Å²) in [6, 6.07) is 0.609. The van der Waals surface area contributed by atoms with Crippen molar-refractivity contribution in [3.8, 4) is 0 Å². The standard InChI is InChI=1S/C25H42N2O5/c1-17(2)9-10-20-24(3,32-20)22-21(29-6)19(11-13-25(22)16-30-25)31-23(28)26-14-12-18-8-7-15-27(18,4)5/h9,18-22H,7-8,10-16H2,1-6H3/p+1/t18?,19-,20-,21-,22-,24+,25+/m1/s1. The molecule has 0 radical (unpaired) electrons. The van der Waals surface area contributed by atoms with Crippen molar-refractivity contribution < 1.29 is 28.2 Å². The maximum Gasteiger partial charge on any atom is 0.407 e. The van der Waals surface area contributed by atoms with Crippen molar-refractivity contribution in [2.45, 2.75) is 94.9 Å². The lowest BCUT2D eigenvalue weighted by atomic mass is 9.68. The topological polar surface area (TPSA) is 72.6 Å². The highest BCUT2D eigenvalue weighted by Crippen LogP contribution is 2.59. The Balaban J connectivity index is 1.34. The van der Waals surface area contributed by atoms with Gasteiger partial charge in [-0.2, -0.15) is 0 Å². The minimum Gasteiger partial charge on any atom is -0.443 e. The van der Waals surface area contributed by atoms with E-state index in [1.165, 1.54) is 25.0 Å². The van der Waals surface area contributed by atoms with Gasteiger partial charge >= 0.3 is 6.09 Å². The fourth-order valence-electron chi connectivity index (χ4n) is 6.35. The van der Waals surface area contributed by atoms with Crippen LogP contribution in [0, 0.1) is 5.92 Å². The molecular formula is C25H43N2O5+. The van der Waals surface area contributed by atoms with E-state index in [1.807, 2.05) is 0 Å². The molecule has 1 amide bonds. The third kappa shape index (κ3) is 4.72. The lowest BCUT2D eigenvalue weighted by Crippen LogP contribution is -2.56. The smallest absolute Gasteiger partial charge is 0.407 e. The number of carbonyl (C=O) groups excluding carboxylic acids is 1. The van der Waals surface area contributed by atoms with Crippen LogP contribution < -0.4 is 5.32 Å². The second-order valence-corrected chi connectivity index (χ2v) is 11.3. The van der Waals surface area contributed by atoms with Gasteiger partial charge in [-0.1, -0.05) is 11.6 Å². The molecule has 7 heteroatoms. The molecule has 0 bridgehead atoms. The number of allylic oxidation sites excluding steroid dienone is 1. The zero-order chi connectivity index (χ0) is 23.1. The first-order chi connectivity index (χ1) is 15.1. The maximum atomic E-state index is 12.6. The van der Waals surface area contributed by atoms with Crippen molar-refractivity contribution in [1.29, 1.82) is 0 Å². The molecule has 4 fully saturated rings. The van der Waals surface area contributed by atoms with Crippen molar-refractivity contribution in [2.24, 2.45) is 5.92 Å². The van der Waals surface area contributed by atoms with Gasteiger partial charge in [-0.3, -0.25) is 0 Å². The van der Waals surface area contributed by atoms with Crippen molar-refractivity contribution in [1.82, 2.24) is 5.32 Å². The Morgan fingerprint density at radius 2 is 2.03 bits per heavy atom. The highest BCUT2D eigenvalue weighted by Gasteiger charge is 2.72. The Morgan fingerprint density at radius 3 is 2.62 bits per heavy atom. The fourth-order valence-corrected chi connectivity index (χ4v) is 6.35. The van der Waals surface area contributed by atoms with Crippen molar-refractivity contribution in [3.63, 3.8) is 0 Å². The van der Waals surface area contributed by atoms with E-state index in [2.05, 4.69) is 46.3 Å². The number of carbonyl (C=O) groups is 1. The molecule has 0 aromatic carbocycles. The van der Waals surface area contributed by atoms with Crippen molar-refractivity contribution in [3.05, 3.63) is 11.6 Å². The van der Waals surface area contributed by atoms with Crippen molar-refractivity contribution in [2.75, 3.05) is 40.9 Å². The molecule has 7 atom stereocenters. The lowest BCUT2D eigenvalue weighted by molar-refractivity contribution is -0.902. The molecule has 1 unspecified atom stereocenters. The van der Waals surface area contributed by atoms with Gasteiger partial charge in [-0.05, 0) is 40.0 Å². The van der Waals surface area contributed by atoms with Gasteiger partial charge in [0.15, 0.2) is 0 Å². The summed E-state index contributed by atoms with van der Waals surface area (Å²) < 4.78 is 25.1. The van der Waals surface area contributed by atoms with Crippen LogP contribution in [0.4, 0.5) is 4.79 Å². The predicted molar refractivity (Wildman–Crippen MR) is 122 cm³/mol. The molecule has 0 aromatic heterocycles. The highest BCUT2D eigenvalue weighted by molar-refractivity contribution is 5.67. The van der Waals surface area contributed by atoms with Crippen LogP contribution in [0.1, 0.15) is 59.3 Å². The monoisotopic (exact) mass is 451 g/mol. The summed E-state index contributed by atoms with van der Waals surface area (Å²) in [5.74, 6) is 0.0544. The summed E-state index contributed by atoms with van der Waals surface area (Å²) in [5.41, 5.74) is 0.787. The van der Waals surface area contributed by atoms with Gasteiger partial charge in [0.05, 0.1) is 45.3 Å². The average Bonchev–Trinajstić information content (AvgIpc) is 3.60. The molecule has 1 saturated carbocycles. The number of ether oxygens (including phenoxy) is 4. The van der Waals surface area contributed by atoms with Gasteiger partial charge in [0.2, 0.25) is 0 Å². The SMILES string of the molecule is CO[C@@H]1[C@H](OC(=O)NCCC2CCC[N+]2(C)C)CC[C@]2(CO2)[C@H]1[C@@]1(C)O[C@@H]1CC=C(C)C. The zero-order valence-corrected chi connectivity index (χ0v) is 20.8. The number of methoxy groups -OCH3 is 1. The summed E-state index contributed by atoms with van der Waals surface area (Å²) in [5, 5.41) is 2.99. The Labute approximate surface area is 193 Å². The van der Waals surface area contributed by atoms with Crippen molar-refractivity contribution >= 4 is 6.09 Å². The molecule has 32 heavy (non-hydrogen) atoms. The molecule has 1 aliphatic carbocycles. The summed E-state index contributed by atoms with van der Waals surface area (Å²) in [4.78, 5) is 12.6. The third-order valence-corrected chi connectivity index (χ3v) is 8.50. The molecule has 1 N–H and O–H groups in total. The average molecular weight is 452 g/mol. The normalized spacial score (nSPS) is 41.9. The molecule has 4 aliphatic rings. The first kappa shape index (κ1) is 24.0. The molecule has 3 saturated heterocycles. The van der Waals surface area contributed by atoms with Crippen LogP contribution in [0.5, 0.6) is 0 Å². The predicted octanol–water partition coefficient (Wildman–Crippen LogP) is 3.42. The number of alkyl carbamates (subject to hydrolysis) is 1. The fraction of sp³-hybridized carbons (Fsp3) is 0.880. The van der Waals surface area contributed by atoms with E-state index >= 15 is 0 Å². The summed E-state index contributed by atoms with van der Waals surface area (Å²) in [7, 11) is 6.27. The van der Waals surface area contributed by atoms with Crippen LogP contribution in [0.2, 0.25) is 0 Å². The Hall–Kier alpha value is -1.15. The maximum absolute atomic E-state index is 12.6. The van der Waals surface area contributed by atoms with Gasteiger partial charge in [0.25, 0.3) is 0 Å². The van der Waals surface area contributed by atoms with E-state index in [4.69, 9.17) is 18.9 Å². The van der Waals surface area contributed by atoms with Crippen LogP contribution in [0.3, 0.4) is 0 Å². The summed E-state index contributed by atoms with van der Waals surface area (Å²) in [6.45, 7) is 8.99. The van der Waals surface area contributed by atoms with E-state index < -0.39 is 0 Å². The van der Waals surface area contributed by atoms with Crippen LogP contribution in [0.15, 0.2) is 11.6 Å². The molecule has 3 aliphatic heterocycles. The third-order valence-electron chi connectivity index (χ3n) is 8.50. The van der Waals surface area contributed by atoms with Crippen LogP contribution in [-0.4, -0.2) is 87.0 Å². The first-order valence-corrected chi connectivity index (χ1v) is 12.4. The van der Waals surface area contributed by atoms with E-state index in [0.717, 1.165) is 36.8 Å².